The van der Waals surface area contributed by atoms with Gasteiger partial charge in [0.1, 0.15) is 0 Å². The van der Waals surface area contributed by atoms with Gasteiger partial charge in [-0.1, -0.05) is 6.92 Å². The maximum absolute atomic E-state index is 12.3. The molecule has 0 atom stereocenters. The molecule has 0 saturated carbocycles. The molecule has 102 valence electrons. The van der Waals surface area contributed by atoms with Gasteiger partial charge in [-0.15, -0.1) is 0 Å². The van der Waals surface area contributed by atoms with E-state index >= 15 is 0 Å². The minimum atomic E-state index is -4.46. The summed E-state index contributed by atoms with van der Waals surface area (Å²) in [4.78, 5) is -0.133. The topological polar surface area (TPSA) is 37.4 Å². The van der Waals surface area contributed by atoms with Gasteiger partial charge in [-0.05, 0) is 30.7 Å². The van der Waals surface area contributed by atoms with Crippen LogP contribution in [0.1, 0.15) is 18.9 Å². The number of hydrogen-bond donors (Lipinski definition) is 0. The summed E-state index contributed by atoms with van der Waals surface area (Å²) in [5, 5.41) is 0. The third-order valence-corrected chi connectivity index (χ3v) is 4.30. The van der Waals surface area contributed by atoms with Gasteiger partial charge in [0.25, 0.3) is 0 Å². The summed E-state index contributed by atoms with van der Waals surface area (Å²) in [5.41, 5.74) is -0.861. The first kappa shape index (κ1) is 15.0. The van der Waals surface area contributed by atoms with Crippen LogP contribution in [0.15, 0.2) is 29.2 Å². The van der Waals surface area contributed by atoms with E-state index in [1.165, 1.54) is 7.05 Å². The second kappa shape index (κ2) is 5.27. The van der Waals surface area contributed by atoms with Crippen LogP contribution in [0.25, 0.3) is 0 Å². The minimum absolute atomic E-state index is 0.133. The molecule has 0 radical (unpaired) electrons. The lowest BCUT2D eigenvalue weighted by atomic mass is 10.2. The second-order valence-electron chi connectivity index (χ2n) is 3.85. The quantitative estimate of drug-likeness (QED) is 0.851. The van der Waals surface area contributed by atoms with Crippen molar-refractivity contribution in [2.75, 3.05) is 13.6 Å². The highest BCUT2D eigenvalue weighted by Gasteiger charge is 2.31. The molecule has 1 aromatic rings. The van der Waals surface area contributed by atoms with Crippen LogP contribution in [0.4, 0.5) is 13.2 Å². The number of sulfonamides is 1. The third kappa shape index (κ3) is 3.23. The Kier molecular flexibility index (Phi) is 4.39. The Morgan fingerprint density at radius 2 is 1.67 bits per heavy atom. The number of rotatable bonds is 4. The van der Waals surface area contributed by atoms with Gasteiger partial charge in [0.05, 0.1) is 10.5 Å². The lowest BCUT2D eigenvalue weighted by molar-refractivity contribution is -0.137. The Morgan fingerprint density at radius 3 is 2.06 bits per heavy atom. The number of benzene rings is 1. The van der Waals surface area contributed by atoms with Crippen LogP contribution in [0.2, 0.25) is 0 Å². The van der Waals surface area contributed by atoms with Crippen molar-refractivity contribution in [1.29, 1.82) is 0 Å². The highest BCUT2D eigenvalue weighted by atomic mass is 32.2. The molecule has 0 fully saturated rings. The normalized spacial score (nSPS) is 13.0. The van der Waals surface area contributed by atoms with Gasteiger partial charge in [-0.25, -0.2) is 12.7 Å². The molecular formula is C11H14F3NO2S. The molecule has 0 aliphatic heterocycles. The molecule has 0 bridgehead atoms. The molecule has 18 heavy (non-hydrogen) atoms. The first-order valence-electron chi connectivity index (χ1n) is 5.33. The number of halogens is 3. The van der Waals surface area contributed by atoms with Crippen molar-refractivity contribution in [2.24, 2.45) is 0 Å². The fourth-order valence-corrected chi connectivity index (χ4v) is 2.69. The van der Waals surface area contributed by atoms with E-state index in [1.807, 2.05) is 6.92 Å². The van der Waals surface area contributed by atoms with Gasteiger partial charge in [0.15, 0.2) is 0 Å². The Hall–Kier alpha value is -1.08. The van der Waals surface area contributed by atoms with Gasteiger partial charge in [0, 0.05) is 13.6 Å². The maximum Gasteiger partial charge on any atom is 0.416 e. The maximum atomic E-state index is 12.3. The smallest absolute Gasteiger partial charge is 0.207 e. The van der Waals surface area contributed by atoms with Crippen LogP contribution in [-0.2, 0) is 16.2 Å². The molecule has 0 aromatic heterocycles. The first-order chi connectivity index (χ1) is 8.19. The van der Waals surface area contributed by atoms with E-state index in [0.717, 1.165) is 28.6 Å². The molecule has 0 unspecified atom stereocenters. The lowest BCUT2D eigenvalue weighted by Crippen LogP contribution is -2.27. The molecule has 0 aliphatic carbocycles. The predicted octanol–water partition coefficient (Wildman–Crippen LogP) is 2.74. The highest BCUT2D eigenvalue weighted by molar-refractivity contribution is 7.89. The van der Waals surface area contributed by atoms with E-state index in [9.17, 15) is 21.6 Å². The van der Waals surface area contributed by atoms with E-state index < -0.39 is 21.8 Å². The van der Waals surface area contributed by atoms with Crippen molar-refractivity contribution in [3.63, 3.8) is 0 Å². The minimum Gasteiger partial charge on any atom is -0.207 e. The summed E-state index contributed by atoms with van der Waals surface area (Å²) in [7, 11) is -2.30. The largest absolute Gasteiger partial charge is 0.416 e. The van der Waals surface area contributed by atoms with Crippen molar-refractivity contribution >= 4 is 10.0 Å². The molecule has 0 spiro atoms. The zero-order chi connectivity index (χ0) is 14.0. The first-order valence-corrected chi connectivity index (χ1v) is 6.77. The zero-order valence-corrected chi connectivity index (χ0v) is 10.8. The van der Waals surface area contributed by atoms with Crippen LogP contribution >= 0.6 is 0 Å². The molecule has 1 aromatic carbocycles. The van der Waals surface area contributed by atoms with Crippen LogP contribution in [0.3, 0.4) is 0 Å². The summed E-state index contributed by atoms with van der Waals surface area (Å²) in [6.07, 6.45) is -3.83. The second-order valence-corrected chi connectivity index (χ2v) is 5.89. The molecule has 0 heterocycles. The van der Waals surface area contributed by atoms with E-state index in [2.05, 4.69) is 0 Å². The fraction of sp³-hybridized carbons (Fsp3) is 0.455. The molecule has 7 heteroatoms. The number of nitrogens with zero attached hydrogens (tertiary/aromatic N) is 1. The van der Waals surface area contributed by atoms with Gasteiger partial charge in [-0.3, -0.25) is 0 Å². The summed E-state index contributed by atoms with van der Waals surface area (Å²) in [5.74, 6) is 0. The predicted molar refractivity (Wildman–Crippen MR) is 61.6 cm³/mol. The van der Waals surface area contributed by atoms with Crippen molar-refractivity contribution in [3.8, 4) is 0 Å². The van der Waals surface area contributed by atoms with Crippen molar-refractivity contribution in [2.45, 2.75) is 24.4 Å². The molecular weight excluding hydrogens is 267 g/mol. The summed E-state index contributed by atoms with van der Waals surface area (Å²) in [6, 6.07) is 3.49. The SMILES string of the molecule is CCCN(C)S(=O)(=O)c1ccc(C(F)(F)F)cc1. The molecule has 1 rings (SSSR count). The molecule has 0 aliphatic rings. The van der Waals surface area contributed by atoms with E-state index in [1.54, 1.807) is 0 Å². The lowest BCUT2D eigenvalue weighted by Gasteiger charge is -2.16. The van der Waals surface area contributed by atoms with Crippen LogP contribution in [-0.4, -0.2) is 26.3 Å². The summed E-state index contributed by atoms with van der Waals surface area (Å²) < 4.78 is 62.0. The van der Waals surface area contributed by atoms with Gasteiger partial charge < -0.3 is 0 Å². The highest BCUT2D eigenvalue weighted by Crippen LogP contribution is 2.30. The summed E-state index contributed by atoms with van der Waals surface area (Å²) >= 11 is 0. The van der Waals surface area contributed by atoms with Gasteiger partial charge in [-0.2, -0.15) is 13.2 Å². The monoisotopic (exact) mass is 281 g/mol. The Balaban J connectivity index is 3.05. The Morgan fingerprint density at radius 1 is 1.17 bits per heavy atom. The van der Waals surface area contributed by atoms with Crippen LogP contribution < -0.4 is 0 Å². The Labute approximate surface area is 104 Å². The Bertz CT molecular complexity index is 494. The van der Waals surface area contributed by atoms with E-state index in [-0.39, 0.29) is 4.90 Å². The van der Waals surface area contributed by atoms with Gasteiger partial charge >= 0.3 is 6.18 Å². The fourth-order valence-electron chi connectivity index (χ4n) is 1.43. The number of hydrogen-bond acceptors (Lipinski definition) is 2. The molecule has 0 amide bonds. The molecule has 0 saturated heterocycles. The summed E-state index contributed by atoms with van der Waals surface area (Å²) in [6.45, 7) is 2.14. The van der Waals surface area contributed by atoms with Crippen LogP contribution in [0.5, 0.6) is 0 Å². The zero-order valence-electron chi connectivity index (χ0n) is 10.0. The standard InChI is InChI=1S/C11H14F3NO2S/c1-3-8-15(2)18(16,17)10-6-4-9(5-7-10)11(12,13)14/h4-7H,3,8H2,1-2H3. The molecule has 3 nitrogen and oxygen atoms in total. The average molecular weight is 281 g/mol. The average Bonchev–Trinajstić information content (AvgIpc) is 2.28. The van der Waals surface area contributed by atoms with E-state index in [4.69, 9.17) is 0 Å². The third-order valence-electron chi connectivity index (χ3n) is 2.43. The van der Waals surface area contributed by atoms with Crippen molar-refractivity contribution in [3.05, 3.63) is 29.8 Å². The van der Waals surface area contributed by atoms with Crippen molar-refractivity contribution in [1.82, 2.24) is 4.31 Å². The number of alkyl halides is 3. The van der Waals surface area contributed by atoms with Gasteiger partial charge in [0.2, 0.25) is 10.0 Å². The van der Waals surface area contributed by atoms with Crippen LogP contribution in [0, 0.1) is 0 Å². The van der Waals surface area contributed by atoms with E-state index in [0.29, 0.717) is 13.0 Å². The van der Waals surface area contributed by atoms with Crippen molar-refractivity contribution < 1.29 is 21.6 Å². The molecule has 0 N–H and O–H groups in total.